The van der Waals surface area contributed by atoms with Crippen molar-refractivity contribution in [2.24, 2.45) is 0 Å². The van der Waals surface area contributed by atoms with Crippen LogP contribution >= 0.6 is 0 Å². The molecule has 7 heteroatoms. The predicted molar refractivity (Wildman–Crippen MR) is 65.8 cm³/mol. The Hall–Kier alpha value is -1.11. The lowest BCUT2D eigenvalue weighted by atomic mass is 10.1. The highest BCUT2D eigenvalue weighted by Crippen LogP contribution is 2.27. The molecule has 1 atom stereocenters. The summed E-state index contributed by atoms with van der Waals surface area (Å²) in [7, 11) is 0. The zero-order valence-electron chi connectivity index (χ0n) is 11.2. The molecule has 1 unspecified atom stereocenters. The van der Waals surface area contributed by atoms with Crippen LogP contribution in [0.5, 0.6) is 0 Å². The second-order valence-electron chi connectivity index (χ2n) is 5.50. The molecule has 0 radical (unpaired) electrons. The average molecular weight is 292 g/mol. The van der Waals surface area contributed by atoms with E-state index >= 15 is 0 Å². The maximum absolute atomic E-state index is 12.2. The van der Waals surface area contributed by atoms with Crippen LogP contribution in [0.15, 0.2) is 0 Å². The zero-order chi connectivity index (χ0) is 14.8. The summed E-state index contributed by atoms with van der Waals surface area (Å²) in [5, 5.41) is 2.15. The highest BCUT2D eigenvalue weighted by molar-refractivity contribution is 6.05. The Balaban J connectivity index is 1.97. The number of alkyl halides is 3. The molecule has 0 aromatic rings. The number of likely N-dealkylation sites (tertiary alicyclic amines) is 1. The van der Waals surface area contributed by atoms with Gasteiger partial charge in [0.1, 0.15) is 0 Å². The van der Waals surface area contributed by atoms with Crippen LogP contribution in [0.1, 0.15) is 44.9 Å². The molecule has 0 aromatic heterocycles. The monoisotopic (exact) mass is 292 g/mol. The number of hydrogen-bond donors (Lipinski definition) is 1. The highest BCUT2D eigenvalue weighted by atomic mass is 19.4. The molecule has 0 aromatic carbocycles. The fourth-order valence-corrected chi connectivity index (χ4v) is 2.95. The van der Waals surface area contributed by atoms with Crippen molar-refractivity contribution in [3.8, 4) is 0 Å². The van der Waals surface area contributed by atoms with E-state index in [1.807, 2.05) is 0 Å². The first-order valence-electron chi connectivity index (χ1n) is 7.04. The fourth-order valence-electron chi connectivity index (χ4n) is 2.95. The van der Waals surface area contributed by atoms with Gasteiger partial charge in [0.2, 0.25) is 11.8 Å². The van der Waals surface area contributed by atoms with E-state index in [2.05, 4.69) is 5.32 Å². The number of rotatable bonds is 3. The first-order chi connectivity index (χ1) is 9.38. The lowest BCUT2D eigenvalue weighted by Gasteiger charge is -2.25. The predicted octanol–water partition coefficient (Wildman–Crippen LogP) is 1.99. The van der Waals surface area contributed by atoms with Crippen LogP contribution in [-0.2, 0) is 9.59 Å². The number of nitrogens with one attached hydrogen (secondary N) is 1. The van der Waals surface area contributed by atoms with E-state index in [1.165, 1.54) is 4.90 Å². The molecule has 2 aliphatic rings. The van der Waals surface area contributed by atoms with Gasteiger partial charge in [-0.25, -0.2) is 0 Å². The van der Waals surface area contributed by atoms with Crippen molar-refractivity contribution in [1.82, 2.24) is 10.2 Å². The van der Waals surface area contributed by atoms with Crippen molar-refractivity contribution >= 4 is 11.8 Å². The second kappa shape index (κ2) is 6.11. The van der Waals surface area contributed by atoms with E-state index < -0.39 is 24.7 Å². The van der Waals surface area contributed by atoms with Crippen molar-refractivity contribution in [2.45, 2.75) is 63.2 Å². The summed E-state index contributed by atoms with van der Waals surface area (Å²) in [6.45, 7) is -1.24. The number of carbonyl (C=O) groups excluding carboxylic acids is 2. The van der Waals surface area contributed by atoms with Crippen molar-refractivity contribution in [2.75, 3.05) is 6.54 Å². The highest BCUT2D eigenvalue weighted by Gasteiger charge is 2.43. The van der Waals surface area contributed by atoms with Gasteiger partial charge in [-0.3, -0.25) is 19.8 Å². The molecule has 0 spiro atoms. The molecule has 1 aliphatic heterocycles. The van der Waals surface area contributed by atoms with E-state index in [0.717, 1.165) is 38.5 Å². The lowest BCUT2D eigenvalue weighted by Crippen LogP contribution is -2.45. The summed E-state index contributed by atoms with van der Waals surface area (Å²) in [5.41, 5.74) is 0. The first-order valence-corrected chi connectivity index (χ1v) is 7.04. The van der Waals surface area contributed by atoms with Gasteiger partial charge in [0.05, 0.1) is 19.0 Å². The summed E-state index contributed by atoms with van der Waals surface area (Å²) in [4.78, 5) is 25.2. The Labute approximate surface area is 115 Å². The first kappa shape index (κ1) is 15.3. The molecule has 1 N–H and O–H groups in total. The SMILES string of the molecule is O=C1CC(NCC(F)(F)F)C(=O)N1C1CCCCCC1. The van der Waals surface area contributed by atoms with Crippen LogP contribution < -0.4 is 5.32 Å². The third-order valence-corrected chi connectivity index (χ3v) is 3.92. The van der Waals surface area contributed by atoms with Crippen LogP contribution in [0.3, 0.4) is 0 Å². The topological polar surface area (TPSA) is 49.4 Å². The average Bonchev–Trinajstić information content (AvgIpc) is 2.57. The summed E-state index contributed by atoms with van der Waals surface area (Å²) >= 11 is 0. The van der Waals surface area contributed by atoms with Gasteiger partial charge >= 0.3 is 6.18 Å². The number of carbonyl (C=O) groups is 2. The van der Waals surface area contributed by atoms with E-state index in [-0.39, 0.29) is 18.4 Å². The van der Waals surface area contributed by atoms with E-state index in [9.17, 15) is 22.8 Å². The minimum Gasteiger partial charge on any atom is -0.297 e. The Morgan fingerprint density at radius 2 is 1.70 bits per heavy atom. The molecule has 114 valence electrons. The van der Waals surface area contributed by atoms with Gasteiger partial charge < -0.3 is 0 Å². The maximum atomic E-state index is 12.2. The van der Waals surface area contributed by atoms with E-state index in [4.69, 9.17) is 0 Å². The van der Waals surface area contributed by atoms with Crippen LogP contribution in [0.4, 0.5) is 13.2 Å². The van der Waals surface area contributed by atoms with Crippen molar-refractivity contribution < 1.29 is 22.8 Å². The fraction of sp³-hybridized carbons (Fsp3) is 0.846. The summed E-state index contributed by atoms with van der Waals surface area (Å²) < 4.78 is 36.5. The molecule has 0 bridgehead atoms. The van der Waals surface area contributed by atoms with Gasteiger partial charge in [0.25, 0.3) is 0 Å². The Bertz CT molecular complexity index is 376. The van der Waals surface area contributed by atoms with Crippen molar-refractivity contribution in [3.63, 3.8) is 0 Å². The van der Waals surface area contributed by atoms with Gasteiger partial charge in [-0.1, -0.05) is 25.7 Å². The minimum absolute atomic E-state index is 0.129. The third-order valence-electron chi connectivity index (χ3n) is 3.92. The molecule has 20 heavy (non-hydrogen) atoms. The molecular formula is C13H19F3N2O2. The molecule has 1 heterocycles. The number of amides is 2. The minimum atomic E-state index is -4.38. The molecular weight excluding hydrogens is 273 g/mol. The molecule has 2 fully saturated rings. The van der Waals surface area contributed by atoms with Gasteiger partial charge in [-0.05, 0) is 12.8 Å². The molecule has 1 aliphatic carbocycles. The van der Waals surface area contributed by atoms with Crippen LogP contribution in [0, 0.1) is 0 Å². The third kappa shape index (κ3) is 3.71. The van der Waals surface area contributed by atoms with Gasteiger partial charge in [0.15, 0.2) is 0 Å². The van der Waals surface area contributed by atoms with E-state index in [0.29, 0.717) is 0 Å². The summed E-state index contributed by atoms with van der Waals surface area (Å²) in [5.74, 6) is -0.840. The molecule has 1 saturated heterocycles. The van der Waals surface area contributed by atoms with Crippen molar-refractivity contribution in [3.05, 3.63) is 0 Å². The second-order valence-corrected chi connectivity index (χ2v) is 5.50. The molecule has 1 saturated carbocycles. The normalized spacial score (nSPS) is 26.1. The number of nitrogens with zero attached hydrogens (tertiary/aromatic N) is 1. The number of imide groups is 1. The number of hydrogen-bond acceptors (Lipinski definition) is 3. The molecule has 2 rings (SSSR count). The van der Waals surface area contributed by atoms with Gasteiger partial charge in [-0.2, -0.15) is 13.2 Å². The van der Waals surface area contributed by atoms with Crippen LogP contribution in [-0.4, -0.2) is 41.5 Å². The Kier molecular flexibility index (Phi) is 4.67. The van der Waals surface area contributed by atoms with Gasteiger partial charge in [-0.15, -0.1) is 0 Å². The smallest absolute Gasteiger partial charge is 0.297 e. The Morgan fingerprint density at radius 1 is 1.10 bits per heavy atom. The molecule has 2 amide bonds. The quantitative estimate of drug-likeness (QED) is 0.639. The van der Waals surface area contributed by atoms with Crippen molar-refractivity contribution in [1.29, 1.82) is 0 Å². The zero-order valence-corrected chi connectivity index (χ0v) is 11.2. The Morgan fingerprint density at radius 3 is 2.25 bits per heavy atom. The maximum Gasteiger partial charge on any atom is 0.401 e. The van der Waals surface area contributed by atoms with Gasteiger partial charge in [0, 0.05) is 6.04 Å². The summed E-state index contributed by atoms with van der Waals surface area (Å²) in [6, 6.07) is -1.15. The standard InChI is InChI=1S/C13H19F3N2O2/c14-13(15,16)8-17-10-7-11(19)18(12(10)20)9-5-3-1-2-4-6-9/h9-10,17H,1-8H2. The number of halogens is 3. The van der Waals surface area contributed by atoms with E-state index in [1.54, 1.807) is 0 Å². The van der Waals surface area contributed by atoms with Crippen LogP contribution in [0.2, 0.25) is 0 Å². The largest absolute Gasteiger partial charge is 0.401 e. The lowest BCUT2D eigenvalue weighted by molar-refractivity contribution is -0.142. The molecule has 4 nitrogen and oxygen atoms in total. The summed E-state index contributed by atoms with van der Waals surface area (Å²) in [6.07, 6.45) is 1.09. The van der Waals surface area contributed by atoms with Crippen LogP contribution in [0.25, 0.3) is 0 Å².